The second kappa shape index (κ2) is 15.9. The smallest absolute Gasteiger partial charge is 0.0726 e. The largest absolute Gasteiger partial charge is 0.310 e. The molecule has 2 aliphatic rings. The Morgan fingerprint density at radius 3 is 1.49 bits per heavy atom. The molecule has 16 rings (SSSR count). The molecule has 0 atom stereocenters. The van der Waals surface area contributed by atoms with Gasteiger partial charge in [0.1, 0.15) is 0 Å². The van der Waals surface area contributed by atoms with Crippen LogP contribution in [0.25, 0.3) is 103 Å². The lowest BCUT2D eigenvalue weighted by molar-refractivity contribution is 0.793. The van der Waals surface area contributed by atoms with Crippen molar-refractivity contribution in [1.29, 1.82) is 0 Å². The maximum atomic E-state index is 2.52. The fourth-order valence-corrected chi connectivity index (χ4v) is 14.3. The van der Waals surface area contributed by atoms with Crippen molar-refractivity contribution in [3.63, 3.8) is 0 Å². The standard InChI is InChI=1S/C71H44N2S/c1-4-18-45(19-5-1)47-32-35-50(36-33-47)72(52-37-40-56-55-26-14-17-31-63(55)71(64(56)44-52)61-29-15-12-24-53(61)54-25-13-16-30-62(54)71)51-38-41-66-60(43-51)68-67-59-39-34-48(46-20-6-2-7-21-46)42-65(59)73(49-22-8-3-9-23-49)69(67)57-27-10-11-28-58(57)70(68)74-66/h1-44H. The van der Waals surface area contributed by atoms with Crippen molar-refractivity contribution >= 4 is 81.1 Å². The molecule has 3 heteroatoms. The van der Waals surface area contributed by atoms with Gasteiger partial charge in [-0.15, -0.1) is 11.3 Å². The van der Waals surface area contributed by atoms with Gasteiger partial charge in [0.05, 0.1) is 16.4 Å². The minimum Gasteiger partial charge on any atom is -0.310 e. The lowest BCUT2D eigenvalue weighted by Gasteiger charge is -2.32. The van der Waals surface area contributed by atoms with E-state index in [9.17, 15) is 0 Å². The Bertz CT molecular complexity index is 4520. The van der Waals surface area contributed by atoms with Crippen molar-refractivity contribution in [1.82, 2.24) is 4.57 Å². The molecule has 0 fully saturated rings. The van der Waals surface area contributed by atoms with Gasteiger partial charge in [0, 0.05) is 64.5 Å². The van der Waals surface area contributed by atoms with Crippen LogP contribution < -0.4 is 4.90 Å². The number of aromatic nitrogens is 1. The van der Waals surface area contributed by atoms with Crippen molar-refractivity contribution in [3.8, 4) is 50.2 Å². The molecule has 14 aromatic rings. The van der Waals surface area contributed by atoms with Crippen LogP contribution in [0.1, 0.15) is 22.3 Å². The summed E-state index contributed by atoms with van der Waals surface area (Å²) in [7, 11) is 0. The van der Waals surface area contributed by atoms with E-state index in [4.69, 9.17) is 0 Å². The van der Waals surface area contributed by atoms with Crippen LogP contribution in [0.15, 0.2) is 267 Å². The Kier molecular flexibility index (Phi) is 8.86. The summed E-state index contributed by atoms with van der Waals surface area (Å²) in [5.74, 6) is 0. The van der Waals surface area contributed by atoms with Crippen LogP contribution in [0, 0.1) is 0 Å². The molecule has 0 radical (unpaired) electrons. The summed E-state index contributed by atoms with van der Waals surface area (Å²) in [6.07, 6.45) is 0. The first-order valence-corrected chi connectivity index (χ1v) is 26.4. The first-order chi connectivity index (χ1) is 36.7. The van der Waals surface area contributed by atoms with E-state index < -0.39 is 5.41 Å². The van der Waals surface area contributed by atoms with Gasteiger partial charge in [0.2, 0.25) is 0 Å². The lowest BCUT2D eigenvalue weighted by Crippen LogP contribution is -2.26. The summed E-state index contributed by atoms with van der Waals surface area (Å²) in [5.41, 5.74) is 21.8. The molecule has 0 bridgehead atoms. The Morgan fingerprint density at radius 2 is 0.824 bits per heavy atom. The number of hydrogen-bond donors (Lipinski definition) is 0. The van der Waals surface area contributed by atoms with Gasteiger partial charge in [-0.2, -0.15) is 0 Å². The number of nitrogens with zero attached hydrogens (tertiary/aromatic N) is 2. The van der Waals surface area contributed by atoms with E-state index in [1.54, 1.807) is 0 Å². The van der Waals surface area contributed by atoms with Gasteiger partial charge in [0.25, 0.3) is 0 Å². The number of hydrogen-bond acceptors (Lipinski definition) is 2. The molecule has 0 unspecified atom stereocenters. The highest BCUT2D eigenvalue weighted by atomic mass is 32.1. The summed E-state index contributed by atoms with van der Waals surface area (Å²) in [6, 6.07) is 99.5. The number of para-hydroxylation sites is 1. The molecular formula is C71H44N2S. The third-order valence-corrected chi connectivity index (χ3v) is 17.4. The predicted molar refractivity (Wildman–Crippen MR) is 313 cm³/mol. The predicted octanol–water partition coefficient (Wildman–Crippen LogP) is 19.5. The summed E-state index contributed by atoms with van der Waals surface area (Å²) >= 11 is 1.91. The maximum Gasteiger partial charge on any atom is 0.0726 e. The SMILES string of the molecule is c1ccc(-c2ccc(N(c3ccc4c(c3)C3(c5ccccc5-c5ccccc53)c3ccccc3-4)c3ccc4sc5c6ccccc6c6c(c7ccc(-c8ccccc8)cc7n6-c6ccccc6)c5c4c3)cc2)cc1. The van der Waals surface area contributed by atoms with Gasteiger partial charge >= 0.3 is 0 Å². The Labute approximate surface area is 432 Å². The Balaban J connectivity index is 0.979. The van der Waals surface area contributed by atoms with Crippen molar-refractivity contribution in [3.05, 3.63) is 289 Å². The monoisotopic (exact) mass is 956 g/mol. The van der Waals surface area contributed by atoms with E-state index in [-0.39, 0.29) is 0 Å². The highest BCUT2D eigenvalue weighted by Gasteiger charge is 2.51. The molecule has 0 N–H and O–H groups in total. The highest BCUT2D eigenvalue weighted by molar-refractivity contribution is 7.27. The number of rotatable bonds is 6. The molecule has 74 heavy (non-hydrogen) atoms. The Morgan fingerprint density at radius 1 is 0.324 bits per heavy atom. The molecule has 344 valence electrons. The molecule has 12 aromatic carbocycles. The fourth-order valence-electron chi connectivity index (χ4n) is 13.1. The van der Waals surface area contributed by atoms with Crippen LogP contribution in [-0.2, 0) is 5.41 Å². The van der Waals surface area contributed by atoms with Crippen LogP contribution in [0.5, 0.6) is 0 Å². The number of anilines is 3. The van der Waals surface area contributed by atoms with Crippen LogP contribution in [-0.4, -0.2) is 4.57 Å². The van der Waals surface area contributed by atoms with Gasteiger partial charge in [-0.05, 0) is 127 Å². The minimum absolute atomic E-state index is 0.467. The topological polar surface area (TPSA) is 8.17 Å². The molecular weight excluding hydrogens is 913 g/mol. The normalized spacial score (nSPS) is 13.0. The molecule has 0 saturated carbocycles. The van der Waals surface area contributed by atoms with E-state index in [2.05, 4.69) is 276 Å². The molecule has 2 aromatic heterocycles. The molecule has 1 spiro atoms. The molecule has 2 nitrogen and oxygen atoms in total. The zero-order valence-electron chi connectivity index (χ0n) is 40.2. The average molecular weight is 957 g/mol. The minimum atomic E-state index is -0.467. The van der Waals surface area contributed by atoms with Gasteiger partial charge < -0.3 is 9.47 Å². The second-order valence-corrected chi connectivity index (χ2v) is 20.9. The fraction of sp³-hybridized carbons (Fsp3) is 0.0141. The molecule has 0 amide bonds. The number of benzene rings is 12. The third kappa shape index (κ3) is 5.76. The molecule has 0 saturated heterocycles. The van der Waals surface area contributed by atoms with Gasteiger partial charge in [-0.1, -0.05) is 206 Å². The Hall–Kier alpha value is -9.28. The van der Waals surface area contributed by atoms with Crippen LogP contribution >= 0.6 is 11.3 Å². The average Bonchev–Trinajstić information content (AvgIpc) is 4.20. The third-order valence-electron chi connectivity index (χ3n) is 16.2. The highest BCUT2D eigenvalue weighted by Crippen LogP contribution is 2.63. The van der Waals surface area contributed by atoms with Gasteiger partial charge in [0.15, 0.2) is 0 Å². The van der Waals surface area contributed by atoms with Gasteiger partial charge in [-0.3, -0.25) is 0 Å². The van der Waals surface area contributed by atoms with Crippen molar-refractivity contribution < 1.29 is 0 Å². The zero-order valence-corrected chi connectivity index (χ0v) is 41.0. The first kappa shape index (κ1) is 41.3. The summed E-state index contributed by atoms with van der Waals surface area (Å²) < 4.78 is 5.10. The molecule has 2 aliphatic carbocycles. The van der Waals surface area contributed by atoms with E-state index in [0.29, 0.717) is 0 Å². The van der Waals surface area contributed by atoms with E-state index in [1.165, 1.54) is 120 Å². The zero-order chi connectivity index (χ0) is 48.5. The van der Waals surface area contributed by atoms with E-state index >= 15 is 0 Å². The summed E-state index contributed by atoms with van der Waals surface area (Å²) in [4.78, 5) is 2.50. The first-order valence-electron chi connectivity index (χ1n) is 25.6. The van der Waals surface area contributed by atoms with Gasteiger partial charge in [-0.25, -0.2) is 0 Å². The number of thiophene rings is 1. The van der Waals surface area contributed by atoms with Crippen LogP contribution in [0.3, 0.4) is 0 Å². The van der Waals surface area contributed by atoms with E-state index in [1.807, 2.05) is 11.3 Å². The van der Waals surface area contributed by atoms with Crippen molar-refractivity contribution in [2.24, 2.45) is 0 Å². The molecule has 2 heterocycles. The molecule has 0 aliphatic heterocycles. The summed E-state index contributed by atoms with van der Waals surface area (Å²) in [5, 5.41) is 7.62. The van der Waals surface area contributed by atoms with Crippen molar-refractivity contribution in [2.45, 2.75) is 5.41 Å². The quantitative estimate of drug-likeness (QED) is 0.161. The second-order valence-electron chi connectivity index (χ2n) is 19.9. The van der Waals surface area contributed by atoms with Crippen LogP contribution in [0.2, 0.25) is 0 Å². The lowest BCUT2D eigenvalue weighted by atomic mass is 9.70. The van der Waals surface area contributed by atoms with Crippen LogP contribution in [0.4, 0.5) is 17.1 Å². The van der Waals surface area contributed by atoms with Crippen molar-refractivity contribution in [2.75, 3.05) is 4.90 Å². The maximum absolute atomic E-state index is 2.52. The number of fused-ring (bicyclic) bond motifs is 20. The van der Waals surface area contributed by atoms with E-state index in [0.717, 1.165) is 22.7 Å². The summed E-state index contributed by atoms with van der Waals surface area (Å²) in [6.45, 7) is 0.